The number of sulfone groups is 1. The molecule has 0 atom stereocenters. The fraction of sp³-hybridized carbons (Fsp3) is 0.588. The van der Waals surface area contributed by atoms with Crippen LogP contribution in [0.15, 0.2) is 29.2 Å². The molecule has 1 aliphatic rings. The van der Waals surface area contributed by atoms with Crippen LogP contribution in [0.3, 0.4) is 0 Å². The summed E-state index contributed by atoms with van der Waals surface area (Å²) in [5.41, 5.74) is 0. The van der Waals surface area contributed by atoms with E-state index in [1.807, 2.05) is 0 Å². The van der Waals surface area contributed by atoms with E-state index in [1.54, 1.807) is 7.11 Å². The van der Waals surface area contributed by atoms with Gasteiger partial charge in [0.05, 0.1) is 11.5 Å². The Bertz CT molecular complexity index is 675. The van der Waals surface area contributed by atoms with Gasteiger partial charge in [-0.05, 0) is 37.1 Å². The van der Waals surface area contributed by atoms with Gasteiger partial charge in [0.15, 0.2) is 14.6 Å². The van der Waals surface area contributed by atoms with Crippen molar-refractivity contribution in [3.8, 4) is 0 Å². The minimum atomic E-state index is -3.78. The van der Waals surface area contributed by atoms with Crippen molar-refractivity contribution in [3.05, 3.63) is 29.3 Å². The third-order valence-electron chi connectivity index (χ3n) is 4.53. The highest BCUT2D eigenvalue weighted by molar-refractivity contribution is 7.93. The summed E-state index contributed by atoms with van der Waals surface area (Å²) in [6.45, 7) is 2.20. The number of rotatable bonds is 9. The van der Waals surface area contributed by atoms with Gasteiger partial charge in [-0.3, -0.25) is 4.79 Å². The molecule has 0 radical (unpaired) electrons. The van der Waals surface area contributed by atoms with Gasteiger partial charge in [0.25, 0.3) is 0 Å². The molecule has 26 heavy (non-hydrogen) atoms. The summed E-state index contributed by atoms with van der Waals surface area (Å²) in [6.07, 6.45) is 2.15. The molecule has 1 aromatic rings. The molecule has 0 unspecified atom stereocenters. The molecule has 148 valence electrons. The molecule has 9 heteroatoms. The number of benzene rings is 1. The fourth-order valence-electron chi connectivity index (χ4n) is 3.13. The second-order valence-corrected chi connectivity index (χ2v) is 8.85. The number of methoxy groups -OCH3 is 1. The molecule has 1 saturated carbocycles. The quantitative estimate of drug-likeness (QED) is 0.593. The van der Waals surface area contributed by atoms with Gasteiger partial charge in [0.2, 0.25) is 5.91 Å². The molecule has 2 N–H and O–H groups in total. The minimum Gasteiger partial charge on any atom is -0.383 e. The van der Waals surface area contributed by atoms with Gasteiger partial charge in [-0.15, -0.1) is 12.4 Å². The zero-order chi connectivity index (χ0) is 18.3. The van der Waals surface area contributed by atoms with Crippen molar-refractivity contribution in [3.63, 3.8) is 0 Å². The molecular weight excluding hydrogens is 399 g/mol. The summed E-state index contributed by atoms with van der Waals surface area (Å²) in [6, 6.07) is 6.01. The van der Waals surface area contributed by atoms with Gasteiger partial charge in [-0.1, -0.05) is 24.4 Å². The van der Waals surface area contributed by atoms with Crippen LogP contribution in [-0.2, 0) is 19.4 Å². The lowest BCUT2D eigenvalue weighted by atomic mass is 10.1. The molecule has 0 heterocycles. The molecule has 0 aromatic heterocycles. The Kier molecular flexibility index (Phi) is 9.33. The minimum absolute atomic E-state index is 0. The Balaban J connectivity index is 0.00000338. The van der Waals surface area contributed by atoms with E-state index in [-0.39, 0.29) is 17.3 Å². The molecule has 0 saturated heterocycles. The molecule has 0 bridgehead atoms. The number of ether oxygens (including phenoxy) is 1. The maximum atomic E-state index is 13.1. The first kappa shape index (κ1) is 23.2. The highest BCUT2D eigenvalue weighted by Crippen LogP contribution is 2.40. The molecule has 0 aliphatic heterocycles. The summed E-state index contributed by atoms with van der Waals surface area (Å²) < 4.78 is 29.8. The molecule has 6 nitrogen and oxygen atoms in total. The lowest BCUT2D eigenvalue weighted by Crippen LogP contribution is -2.51. The first-order valence-electron chi connectivity index (χ1n) is 8.42. The summed E-state index contributed by atoms with van der Waals surface area (Å²) in [7, 11) is -2.16. The van der Waals surface area contributed by atoms with Crippen molar-refractivity contribution in [1.82, 2.24) is 10.6 Å². The van der Waals surface area contributed by atoms with Gasteiger partial charge >= 0.3 is 0 Å². The summed E-state index contributed by atoms with van der Waals surface area (Å²) >= 11 is 5.85. The van der Waals surface area contributed by atoms with E-state index in [1.165, 1.54) is 24.3 Å². The van der Waals surface area contributed by atoms with Crippen LogP contribution in [0.2, 0.25) is 5.02 Å². The van der Waals surface area contributed by atoms with E-state index in [9.17, 15) is 13.2 Å². The highest BCUT2D eigenvalue weighted by atomic mass is 35.5. The van der Waals surface area contributed by atoms with Crippen LogP contribution in [0.5, 0.6) is 0 Å². The largest absolute Gasteiger partial charge is 0.383 e. The van der Waals surface area contributed by atoms with Crippen molar-refractivity contribution >= 4 is 39.8 Å². The van der Waals surface area contributed by atoms with Crippen molar-refractivity contribution in [2.75, 3.05) is 33.4 Å². The second kappa shape index (κ2) is 10.5. The predicted molar refractivity (Wildman–Crippen MR) is 105 cm³/mol. The monoisotopic (exact) mass is 424 g/mol. The predicted octanol–water partition coefficient (Wildman–Crippen LogP) is 2.20. The summed E-state index contributed by atoms with van der Waals surface area (Å²) in [5.74, 6) is -0.409. The van der Waals surface area contributed by atoms with Crippen LogP contribution in [0, 0.1) is 0 Å². The Morgan fingerprint density at radius 1 is 1.15 bits per heavy atom. The van der Waals surface area contributed by atoms with Crippen molar-refractivity contribution in [1.29, 1.82) is 0 Å². The maximum absolute atomic E-state index is 13.1. The lowest BCUT2D eigenvalue weighted by Gasteiger charge is -2.27. The summed E-state index contributed by atoms with van der Waals surface area (Å²) in [4.78, 5) is 12.9. The van der Waals surface area contributed by atoms with Gasteiger partial charge in [-0.2, -0.15) is 0 Å². The van der Waals surface area contributed by atoms with Crippen LogP contribution in [0.4, 0.5) is 0 Å². The third kappa shape index (κ3) is 5.10. The van der Waals surface area contributed by atoms with Gasteiger partial charge in [0, 0.05) is 31.8 Å². The van der Waals surface area contributed by atoms with Crippen LogP contribution >= 0.6 is 24.0 Å². The zero-order valence-electron chi connectivity index (χ0n) is 14.8. The van der Waals surface area contributed by atoms with Crippen LogP contribution in [0.1, 0.15) is 25.7 Å². The number of carbonyl (C=O) groups is 1. The van der Waals surface area contributed by atoms with Gasteiger partial charge in [0.1, 0.15) is 0 Å². The van der Waals surface area contributed by atoms with Crippen molar-refractivity contribution in [2.45, 2.75) is 35.3 Å². The molecule has 0 spiro atoms. The summed E-state index contributed by atoms with van der Waals surface area (Å²) in [5, 5.41) is 6.36. The smallest absolute Gasteiger partial charge is 0.241 e. The fourth-order valence-corrected chi connectivity index (χ4v) is 5.34. The number of halogens is 2. The number of carbonyl (C=O) groups excluding carboxylic acids is 1. The Labute approximate surface area is 166 Å². The van der Waals surface area contributed by atoms with E-state index in [4.69, 9.17) is 16.3 Å². The van der Waals surface area contributed by atoms with Crippen LogP contribution < -0.4 is 10.6 Å². The Morgan fingerprint density at radius 2 is 1.77 bits per heavy atom. The first-order chi connectivity index (χ1) is 11.9. The van der Waals surface area contributed by atoms with Gasteiger partial charge < -0.3 is 15.4 Å². The molecule has 1 aliphatic carbocycles. The zero-order valence-corrected chi connectivity index (χ0v) is 17.2. The van der Waals surface area contributed by atoms with E-state index in [2.05, 4.69) is 10.6 Å². The van der Waals surface area contributed by atoms with E-state index in [0.29, 0.717) is 44.1 Å². The van der Waals surface area contributed by atoms with Crippen LogP contribution in [0.25, 0.3) is 0 Å². The lowest BCUT2D eigenvalue weighted by molar-refractivity contribution is -0.123. The van der Waals surface area contributed by atoms with E-state index in [0.717, 1.165) is 12.8 Å². The van der Waals surface area contributed by atoms with E-state index >= 15 is 0 Å². The third-order valence-corrected chi connectivity index (χ3v) is 7.30. The average Bonchev–Trinajstić information content (AvgIpc) is 3.10. The number of amides is 1. The Hall–Kier alpha value is -0.860. The maximum Gasteiger partial charge on any atom is 0.241 e. The van der Waals surface area contributed by atoms with Crippen LogP contribution in [-0.4, -0.2) is 52.4 Å². The van der Waals surface area contributed by atoms with Gasteiger partial charge in [-0.25, -0.2) is 8.42 Å². The topological polar surface area (TPSA) is 84.5 Å². The molecular formula is C17H26Cl2N2O4S. The molecule has 1 amide bonds. The van der Waals surface area contributed by atoms with E-state index < -0.39 is 20.5 Å². The highest BCUT2D eigenvalue weighted by Gasteiger charge is 2.52. The molecule has 2 rings (SSSR count). The van der Waals surface area contributed by atoms with Crippen molar-refractivity contribution < 1.29 is 17.9 Å². The number of nitrogens with one attached hydrogen (secondary N) is 2. The normalized spacial score (nSPS) is 16.1. The average molecular weight is 425 g/mol. The number of hydrogen-bond donors (Lipinski definition) is 2. The first-order valence-corrected chi connectivity index (χ1v) is 10.3. The SMILES string of the molecule is COCCNCCNC(=O)C1(S(=O)(=O)c2ccc(Cl)cc2)CCCC1.Cl. The standard InChI is InChI=1S/C17H25ClN2O4S.ClH/c1-24-13-12-19-10-11-20-16(21)17(8-2-3-9-17)25(22,23)15-6-4-14(18)5-7-15;/h4-7,19H,2-3,8-13H2,1H3,(H,20,21);1H. The molecule has 1 fully saturated rings. The number of hydrogen-bond acceptors (Lipinski definition) is 5. The Morgan fingerprint density at radius 3 is 2.35 bits per heavy atom. The molecule has 1 aromatic carbocycles. The van der Waals surface area contributed by atoms with Crippen molar-refractivity contribution in [2.24, 2.45) is 0 Å². The second-order valence-electron chi connectivity index (χ2n) is 6.16.